The van der Waals surface area contributed by atoms with E-state index in [0.717, 1.165) is 13.0 Å². The Labute approximate surface area is 133 Å². The molecule has 3 heterocycles. The second kappa shape index (κ2) is 6.58. The molecule has 0 aliphatic carbocycles. The van der Waals surface area contributed by atoms with Crippen LogP contribution in [0.4, 0.5) is 0 Å². The zero-order chi connectivity index (χ0) is 15.5. The van der Waals surface area contributed by atoms with Crippen LogP contribution in [-0.2, 0) is 22.4 Å². The van der Waals surface area contributed by atoms with Gasteiger partial charge in [-0.3, -0.25) is 4.79 Å². The van der Waals surface area contributed by atoms with Crippen LogP contribution in [0.5, 0.6) is 0 Å². The summed E-state index contributed by atoms with van der Waals surface area (Å²) in [6, 6.07) is 2.10. The number of fused-ring (bicyclic) bond motifs is 1. The molecule has 0 aromatic carbocycles. The van der Waals surface area contributed by atoms with Gasteiger partial charge in [0.15, 0.2) is 5.82 Å². The predicted octanol–water partition coefficient (Wildman–Crippen LogP) is 2.14. The van der Waals surface area contributed by atoms with Gasteiger partial charge in [0.05, 0.1) is 13.2 Å². The summed E-state index contributed by atoms with van der Waals surface area (Å²) >= 11 is 1.76. The SMILES string of the molecule is Cc1noc(CCC(=O)N(C)CC2OCCc3sccc32)n1. The average Bonchev–Trinajstić information content (AvgIpc) is 3.14. The smallest absolute Gasteiger partial charge is 0.227 e. The Morgan fingerprint density at radius 1 is 1.55 bits per heavy atom. The van der Waals surface area contributed by atoms with Crippen molar-refractivity contribution in [1.82, 2.24) is 15.0 Å². The van der Waals surface area contributed by atoms with Crippen molar-refractivity contribution < 1.29 is 14.1 Å². The number of nitrogens with zero attached hydrogens (tertiary/aromatic N) is 3. The second-order valence-corrected chi connectivity index (χ2v) is 6.42. The highest BCUT2D eigenvalue weighted by Gasteiger charge is 2.24. The molecule has 118 valence electrons. The number of hydrogen-bond donors (Lipinski definition) is 0. The maximum absolute atomic E-state index is 12.2. The van der Waals surface area contributed by atoms with Crippen molar-refractivity contribution in [3.8, 4) is 0 Å². The Kier molecular flexibility index (Phi) is 4.54. The summed E-state index contributed by atoms with van der Waals surface area (Å²) < 4.78 is 10.8. The molecule has 0 spiro atoms. The molecule has 1 amide bonds. The molecule has 1 unspecified atom stereocenters. The van der Waals surface area contributed by atoms with Crippen molar-refractivity contribution in [3.63, 3.8) is 0 Å². The van der Waals surface area contributed by atoms with Gasteiger partial charge in [-0.15, -0.1) is 11.3 Å². The Morgan fingerprint density at radius 2 is 2.41 bits per heavy atom. The van der Waals surface area contributed by atoms with Crippen LogP contribution in [-0.4, -0.2) is 41.1 Å². The lowest BCUT2D eigenvalue weighted by Gasteiger charge is -2.28. The fourth-order valence-corrected chi connectivity index (χ4v) is 3.49. The number of aryl methyl sites for hydroxylation is 2. The fraction of sp³-hybridized carbons (Fsp3) is 0.533. The lowest BCUT2D eigenvalue weighted by atomic mass is 10.1. The zero-order valence-electron chi connectivity index (χ0n) is 12.7. The first-order valence-corrected chi connectivity index (χ1v) is 8.22. The molecule has 0 fully saturated rings. The van der Waals surface area contributed by atoms with Crippen molar-refractivity contribution in [2.45, 2.75) is 32.3 Å². The molecule has 1 aliphatic heterocycles. The molecule has 0 saturated carbocycles. The topological polar surface area (TPSA) is 68.5 Å². The van der Waals surface area contributed by atoms with Crippen LogP contribution < -0.4 is 0 Å². The third-order valence-corrected chi connectivity index (χ3v) is 4.76. The maximum atomic E-state index is 12.2. The molecule has 2 aromatic rings. The molecule has 1 atom stereocenters. The Morgan fingerprint density at radius 3 is 3.18 bits per heavy atom. The Bertz CT molecular complexity index is 652. The van der Waals surface area contributed by atoms with Gasteiger partial charge in [-0.05, 0) is 23.9 Å². The van der Waals surface area contributed by atoms with E-state index in [1.54, 1.807) is 23.2 Å². The largest absolute Gasteiger partial charge is 0.371 e. The van der Waals surface area contributed by atoms with Crippen molar-refractivity contribution in [2.24, 2.45) is 0 Å². The van der Waals surface area contributed by atoms with Gasteiger partial charge in [0.1, 0.15) is 6.10 Å². The highest BCUT2D eigenvalue weighted by molar-refractivity contribution is 7.10. The first-order valence-electron chi connectivity index (χ1n) is 7.34. The lowest BCUT2D eigenvalue weighted by Crippen LogP contribution is -2.33. The van der Waals surface area contributed by atoms with E-state index in [2.05, 4.69) is 21.6 Å². The van der Waals surface area contributed by atoms with E-state index in [1.165, 1.54) is 10.4 Å². The fourth-order valence-electron chi connectivity index (χ4n) is 2.57. The zero-order valence-corrected chi connectivity index (χ0v) is 13.6. The molecule has 6 nitrogen and oxygen atoms in total. The molecule has 0 saturated heterocycles. The van der Waals surface area contributed by atoms with Crippen LogP contribution >= 0.6 is 11.3 Å². The summed E-state index contributed by atoms with van der Waals surface area (Å²) in [7, 11) is 1.81. The van der Waals surface area contributed by atoms with Crippen LogP contribution in [0.3, 0.4) is 0 Å². The molecular weight excluding hydrogens is 302 g/mol. The Hall–Kier alpha value is -1.73. The lowest BCUT2D eigenvalue weighted by molar-refractivity contribution is -0.132. The molecule has 1 aliphatic rings. The van der Waals surface area contributed by atoms with E-state index < -0.39 is 0 Å². The number of likely N-dealkylation sites (N-methyl/N-ethyl adjacent to an activating group) is 1. The van der Waals surface area contributed by atoms with E-state index in [-0.39, 0.29) is 12.0 Å². The number of amides is 1. The molecule has 0 radical (unpaired) electrons. The summed E-state index contributed by atoms with van der Waals surface area (Å²) in [6.07, 6.45) is 1.78. The average molecular weight is 321 g/mol. The summed E-state index contributed by atoms with van der Waals surface area (Å²) in [5.41, 5.74) is 1.23. The van der Waals surface area contributed by atoms with Gasteiger partial charge < -0.3 is 14.2 Å². The van der Waals surface area contributed by atoms with Gasteiger partial charge in [0, 0.05) is 31.2 Å². The summed E-state index contributed by atoms with van der Waals surface area (Å²) in [6.45, 7) is 3.06. The number of hydrogen-bond acceptors (Lipinski definition) is 6. The van der Waals surface area contributed by atoms with Crippen LogP contribution in [0.15, 0.2) is 16.0 Å². The predicted molar refractivity (Wildman–Crippen MR) is 81.7 cm³/mol. The van der Waals surface area contributed by atoms with E-state index in [4.69, 9.17) is 9.26 Å². The first-order chi connectivity index (χ1) is 10.6. The van der Waals surface area contributed by atoms with Crippen molar-refractivity contribution in [1.29, 1.82) is 0 Å². The summed E-state index contributed by atoms with van der Waals surface area (Å²) in [5, 5.41) is 5.81. The van der Waals surface area contributed by atoms with Crippen molar-refractivity contribution >= 4 is 17.2 Å². The van der Waals surface area contributed by atoms with Crippen LogP contribution in [0, 0.1) is 6.92 Å². The molecule has 7 heteroatoms. The highest BCUT2D eigenvalue weighted by Crippen LogP contribution is 2.31. The normalized spacial score (nSPS) is 17.3. The van der Waals surface area contributed by atoms with Crippen molar-refractivity contribution in [2.75, 3.05) is 20.2 Å². The third-order valence-electron chi connectivity index (χ3n) is 3.76. The minimum atomic E-state index is -0.0189. The molecule has 3 rings (SSSR count). The minimum Gasteiger partial charge on any atom is -0.371 e. The third kappa shape index (κ3) is 3.36. The minimum absolute atomic E-state index is 0.0189. The number of aromatic nitrogens is 2. The van der Waals surface area contributed by atoms with E-state index in [0.29, 0.717) is 31.1 Å². The number of rotatable bonds is 5. The highest BCUT2D eigenvalue weighted by atomic mass is 32.1. The summed E-state index contributed by atoms with van der Waals surface area (Å²) in [4.78, 5) is 19.4. The van der Waals surface area contributed by atoms with Gasteiger partial charge in [-0.2, -0.15) is 4.98 Å². The monoisotopic (exact) mass is 321 g/mol. The quantitative estimate of drug-likeness (QED) is 0.844. The standard InChI is InChI=1S/C15H19N3O3S/c1-10-16-14(21-17-10)3-4-15(19)18(2)9-12-11-6-8-22-13(11)5-7-20-12/h6,8,12H,3-5,7,9H2,1-2H3. The number of carbonyl (C=O) groups excluding carboxylic acids is 1. The molecule has 22 heavy (non-hydrogen) atoms. The van der Waals surface area contributed by atoms with Gasteiger partial charge in [0.2, 0.25) is 11.8 Å². The van der Waals surface area contributed by atoms with E-state index >= 15 is 0 Å². The molecule has 0 N–H and O–H groups in total. The van der Waals surface area contributed by atoms with E-state index in [1.807, 2.05) is 7.05 Å². The summed E-state index contributed by atoms with van der Waals surface area (Å²) in [5.74, 6) is 1.16. The first kappa shape index (κ1) is 15.2. The number of thiophene rings is 1. The van der Waals surface area contributed by atoms with Gasteiger partial charge in [-0.25, -0.2) is 0 Å². The van der Waals surface area contributed by atoms with Crippen LogP contribution in [0.2, 0.25) is 0 Å². The van der Waals surface area contributed by atoms with Crippen LogP contribution in [0.1, 0.15) is 34.7 Å². The van der Waals surface area contributed by atoms with Crippen LogP contribution in [0.25, 0.3) is 0 Å². The molecule has 2 aromatic heterocycles. The number of ether oxygens (including phenoxy) is 1. The number of carbonyl (C=O) groups is 1. The molecular formula is C15H19N3O3S. The maximum Gasteiger partial charge on any atom is 0.227 e. The van der Waals surface area contributed by atoms with Gasteiger partial charge >= 0.3 is 0 Å². The Balaban J connectivity index is 1.54. The van der Waals surface area contributed by atoms with Crippen molar-refractivity contribution in [3.05, 3.63) is 33.6 Å². The van der Waals surface area contributed by atoms with Gasteiger partial charge in [0.25, 0.3) is 0 Å². The van der Waals surface area contributed by atoms with E-state index in [9.17, 15) is 4.79 Å². The molecule has 0 bridgehead atoms. The second-order valence-electron chi connectivity index (χ2n) is 5.42. The van der Waals surface area contributed by atoms with Gasteiger partial charge in [-0.1, -0.05) is 5.16 Å².